The van der Waals surface area contributed by atoms with Gasteiger partial charge < -0.3 is 10.4 Å². The first-order chi connectivity index (χ1) is 8.24. The lowest BCUT2D eigenvalue weighted by molar-refractivity contribution is 0.111. The van der Waals surface area contributed by atoms with E-state index in [-0.39, 0.29) is 12.6 Å². The Morgan fingerprint density at radius 2 is 1.82 bits per heavy atom. The fourth-order valence-electron chi connectivity index (χ4n) is 2.21. The van der Waals surface area contributed by atoms with Gasteiger partial charge in [0.25, 0.3) is 0 Å². The molecule has 1 fully saturated rings. The molecule has 2 rings (SSSR count). The summed E-state index contributed by atoms with van der Waals surface area (Å²) in [6.07, 6.45) is 0. The molecular weight excluding hydrogens is 259 g/mol. The lowest BCUT2D eigenvalue weighted by Gasteiger charge is -2.34. The van der Waals surface area contributed by atoms with Crippen LogP contribution in [0.3, 0.4) is 0 Å². The van der Waals surface area contributed by atoms with Crippen molar-refractivity contribution in [3.8, 4) is 0 Å². The molecule has 2 N–H and O–H groups in total. The minimum absolute atomic E-state index is 0.0312. The molecule has 1 aromatic rings. The van der Waals surface area contributed by atoms with Crippen molar-refractivity contribution in [1.29, 1.82) is 0 Å². The number of hydrogen-bond acceptors (Lipinski definition) is 3. The Labute approximate surface area is 111 Å². The number of rotatable bonds is 3. The van der Waals surface area contributed by atoms with Gasteiger partial charge in [-0.2, -0.15) is 0 Å². The van der Waals surface area contributed by atoms with Gasteiger partial charge in [0.15, 0.2) is 0 Å². The molecule has 17 heavy (non-hydrogen) atoms. The first-order valence-corrected chi connectivity index (χ1v) is 6.49. The fourth-order valence-corrected chi connectivity index (χ4v) is 2.86. The normalized spacial score (nSPS) is 19.2. The van der Waals surface area contributed by atoms with Crippen molar-refractivity contribution in [2.75, 3.05) is 32.8 Å². The Balaban J connectivity index is 2.27. The largest absolute Gasteiger partial charge is 0.394 e. The van der Waals surface area contributed by atoms with Gasteiger partial charge in [-0.15, -0.1) is 0 Å². The zero-order valence-corrected chi connectivity index (χ0v) is 11.0. The first kappa shape index (κ1) is 13.1. The number of aliphatic hydroxyl groups is 1. The molecule has 5 heteroatoms. The number of nitrogens with one attached hydrogen (secondary N) is 1. The number of hydrogen-bond donors (Lipinski definition) is 2. The fraction of sp³-hybridized carbons (Fsp3) is 0.500. The molecule has 0 radical (unpaired) electrons. The highest BCUT2D eigenvalue weighted by atomic mass is 35.5. The third-order valence-corrected chi connectivity index (χ3v) is 3.76. The molecule has 3 nitrogen and oxygen atoms in total. The second-order valence-corrected chi connectivity index (χ2v) is 4.93. The third kappa shape index (κ3) is 2.92. The Morgan fingerprint density at radius 1 is 1.24 bits per heavy atom. The van der Waals surface area contributed by atoms with Crippen LogP contribution in [-0.4, -0.2) is 42.8 Å². The quantitative estimate of drug-likeness (QED) is 0.884. The summed E-state index contributed by atoms with van der Waals surface area (Å²) in [7, 11) is 0. The van der Waals surface area contributed by atoms with Crippen molar-refractivity contribution in [3.05, 3.63) is 33.8 Å². The summed E-state index contributed by atoms with van der Waals surface area (Å²) in [4.78, 5) is 2.21. The van der Waals surface area contributed by atoms with E-state index >= 15 is 0 Å². The van der Waals surface area contributed by atoms with E-state index in [9.17, 15) is 5.11 Å². The van der Waals surface area contributed by atoms with Crippen LogP contribution in [0.4, 0.5) is 0 Å². The Hall–Kier alpha value is -0.320. The van der Waals surface area contributed by atoms with Gasteiger partial charge in [-0.25, -0.2) is 0 Å². The topological polar surface area (TPSA) is 35.5 Å². The molecule has 1 heterocycles. The number of aliphatic hydroxyl groups excluding tert-OH is 1. The van der Waals surface area contributed by atoms with Crippen molar-refractivity contribution in [2.45, 2.75) is 6.04 Å². The van der Waals surface area contributed by atoms with E-state index in [2.05, 4.69) is 10.2 Å². The van der Waals surface area contributed by atoms with Crippen molar-refractivity contribution in [3.63, 3.8) is 0 Å². The van der Waals surface area contributed by atoms with E-state index in [1.807, 2.05) is 18.2 Å². The van der Waals surface area contributed by atoms with Crippen molar-refractivity contribution >= 4 is 23.2 Å². The zero-order chi connectivity index (χ0) is 12.3. The molecule has 1 atom stereocenters. The van der Waals surface area contributed by atoms with Gasteiger partial charge in [0.2, 0.25) is 0 Å². The molecule has 1 aromatic carbocycles. The van der Waals surface area contributed by atoms with Crippen LogP contribution in [0.2, 0.25) is 10.0 Å². The predicted octanol–water partition coefficient (Wildman–Crippen LogP) is 1.93. The zero-order valence-electron chi connectivity index (χ0n) is 9.50. The maximum absolute atomic E-state index is 9.60. The smallest absolute Gasteiger partial charge is 0.0629 e. The molecule has 1 saturated heterocycles. The van der Waals surface area contributed by atoms with Gasteiger partial charge in [0.1, 0.15) is 0 Å². The second kappa shape index (κ2) is 6.03. The van der Waals surface area contributed by atoms with Crippen LogP contribution >= 0.6 is 23.2 Å². The maximum Gasteiger partial charge on any atom is 0.0629 e. The van der Waals surface area contributed by atoms with Crippen LogP contribution in [-0.2, 0) is 0 Å². The van der Waals surface area contributed by atoms with Gasteiger partial charge in [0, 0.05) is 41.8 Å². The lowest BCUT2D eigenvalue weighted by atomic mass is 10.0. The van der Waals surface area contributed by atoms with Crippen LogP contribution in [0.5, 0.6) is 0 Å². The van der Waals surface area contributed by atoms with Crippen LogP contribution in [0, 0.1) is 0 Å². The number of piperazine rings is 1. The average molecular weight is 275 g/mol. The van der Waals surface area contributed by atoms with E-state index in [0.717, 1.165) is 31.7 Å². The minimum Gasteiger partial charge on any atom is -0.394 e. The first-order valence-electron chi connectivity index (χ1n) is 5.73. The highest BCUT2D eigenvalue weighted by Gasteiger charge is 2.25. The van der Waals surface area contributed by atoms with E-state index < -0.39 is 0 Å². The highest BCUT2D eigenvalue weighted by molar-refractivity contribution is 6.36. The van der Waals surface area contributed by atoms with Crippen molar-refractivity contribution in [2.24, 2.45) is 0 Å². The van der Waals surface area contributed by atoms with Crippen LogP contribution in [0.15, 0.2) is 18.2 Å². The molecule has 0 bridgehead atoms. The molecule has 94 valence electrons. The van der Waals surface area contributed by atoms with Gasteiger partial charge >= 0.3 is 0 Å². The van der Waals surface area contributed by atoms with Crippen molar-refractivity contribution in [1.82, 2.24) is 10.2 Å². The molecule has 1 aliphatic heterocycles. The number of nitrogens with zero attached hydrogens (tertiary/aromatic N) is 1. The predicted molar refractivity (Wildman–Crippen MR) is 70.7 cm³/mol. The van der Waals surface area contributed by atoms with E-state index in [0.29, 0.717) is 10.0 Å². The van der Waals surface area contributed by atoms with E-state index in [4.69, 9.17) is 23.2 Å². The Kier molecular flexibility index (Phi) is 4.65. The number of halogens is 2. The summed E-state index contributed by atoms with van der Waals surface area (Å²) in [5.74, 6) is 0. The molecule has 0 unspecified atom stereocenters. The van der Waals surface area contributed by atoms with Gasteiger partial charge in [-0.1, -0.05) is 29.3 Å². The van der Waals surface area contributed by atoms with Crippen LogP contribution < -0.4 is 5.32 Å². The number of benzene rings is 1. The van der Waals surface area contributed by atoms with Gasteiger partial charge in [-0.3, -0.25) is 4.90 Å². The summed E-state index contributed by atoms with van der Waals surface area (Å²) < 4.78 is 0. The molecule has 0 amide bonds. The Morgan fingerprint density at radius 3 is 2.35 bits per heavy atom. The SMILES string of the molecule is OC[C@@H](c1c(Cl)cccc1Cl)N1CCNCC1. The standard InChI is InChI=1S/C12H16Cl2N2O/c13-9-2-1-3-10(14)12(9)11(8-17)16-6-4-15-5-7-16/h1-3,11,15,17H,4-8H2/t11-/m0/s1. The third-order valence-electron chi connectivity index (χ3n) is 3.10. The molecular formula is C12H16Cl2N2O. The maximum atomic E-state index is 9.60. The monoisotopic (exact) mass is 274 g/mol. The van der Waals surface area contributed by atoms with Crippen molar-refractivity contribution < 1.29 is 5.11 Å². The van der Waals surface area contributed by atoms with Gasteiger partial charge in [-0.05, 0) is 12.1 Å². The summed E-state index contributed by atoms with van der Waals surface area (Å²) >= 11 is 12.4. The summed E-state index contributed by atoms with van der Waals surface area (Å²) in [5.41, 5.74) is 0.834. The lowest BCUT2D eigenvalue weighted by Crippen LogP contribution is -2.46. The second-order valence-electron chi connectivity index (χ2n) is 4.12. The van der Waals surface area contributed by atoms with Gasteiger partial charge in [0.05, 0.1) is 12.6 Å². The highest BCUT2D eigenvalue weighted by Crippen LogP contribution is 2.33. The molecule has 0 aromatic heterocycles. The van der Waals surface area contributed by atoms with E-state index in [1.165, 1.54) is 0 Å². The molecule has 0 spiro atoms. The summed E-state index contributed by atoms with van der Waals surface area (Å²) in [5, 5.41) is 14.1. The Bertz CT molecular complexity index is 361. The molecule has 0 saturated carbocycles. The minimum atomic E-state index is -0.113. The summed E-state index contributed by atoms with van der Waals surface area (Å²) in [6.45, 7) is 3.68. The van der Waals surface area contributed by atoms with E-state index in [1.54, 1.807) is 0 Å². The average Bonchev–Trinajstić information content (AvgIpc) is 2.35. The molecule has 0 aliphatic carbocycles. The molecule has 1 aliphatic rings. The van der Waals surface area contributed by atoms with Crippen LogP contribution in [0.1, 0.15) is 11.6 Å². The van der Waals surface area contributed by atoms with Crippen LogP contribution in [0.25, 0.3) is 0 Å². The summed E-state index contributed by atoms with van der Waals surface area (Å²) in [6, 6.07) is 5.33.